The van der Waals surface area contributed by atoms with Crippen molar-refractivity contribution < 1.29 is 4.48 Å². The topological polar surface area (TPSA) is 0 Å². The summed E-state index contributed by atoms with van der Waals surface area (Å²) in [7, 11) is 6.22. The Kier molecular flexibility index (Phi) is 4.18. The number of quaternary nitrogens is 1. The second-order valence-electron chi connectivity index (χ2n) is 3.81. The van der Waals surface area contributed by atoms with E-state index in [1.165, 1.54) is 5.56 Å². The van der Waals surface area contributed by atoms with E-state index in [-0.39, 0.29) is 0 Å². The van der Waals surface area contributed by atoms with E-state index in [1.54, 1.807) is 5.54 Å². The standard InChI is InChI=1S/C12H16ClN/c1-14(2,10-6-9-13)11-12-7-4-3-5-8-12/h3-9H,1,10-11H2,2H3/b9-6+. The summed E-state index contributed by atoms with van der Waals surface area (Å²) in [5, 5.41) is 0. The van der Waals surface area contributed by atoms with Crippen LogP contribution in [0.3, 0.4) is 0 Å². The molecule has 0 aromatic heterocycles. The van der Waals surface area contributed by atoms with Gasteiger partial charge in [0.05, 0.1) is 13.1 Å². The summed E-state index contributed by atoms with van der Waals surface area (Å²) in [6.45, 7) is 1.76. The molecule has 0 saturated heterocycles. The van der Waals surface area contributed by atoms with E-state index in [0.717, 1.165) is 13.1 Å². The van der Waals surface area contributed by atoms with Gasteiger partial charge < -0.3 is 4.48 Å². The van der Waals surface area contributed by atoms with Gasteiger partial charge in [0.2, 0.25) is 0 Å². The Labute approximate surface area is 91.2 Å². The van der Waals surface area contributed by atoms with Crippen LogP contribution < -0.4 is 0 Å². The van der Waals surface area contributed by atoms with Crippen LogP contribution in [0.5, 0.6) is 0 Å². The lowest BCUT2D eigenvalue weighted by Gasteiger charge is -2.37. The highest BCUT2D eigenvalue weighted by Gasteiger charge is 2.06. The molecule has 0 radical (unpaired) electrons. The molecule has 76 valence electrons. The van der Waals surface area contributed by atoms with E-state index in [0.29, 0.717) is 4.48 Å². The first-order chi connectivity index (χ1) is 6.64. The summed E-state index contributed by atoms with van der Waals surface area (Å²) in [6.07, 6.45) is 1.93. The molecular weight excluding hydrogens is 194 g/mol. The van der Waals surface area contributed by atoms with Crippen molar-refractivity contribution in [2.75, 3.05) is 13.6 Å². The molecule has 1 atom stereocenters. The third-order valence-electron chi connectivity index (χ3n) is 2.04. The molecule has 0 fully saturated rings. The first-order valence-electron chi connectivity index (χ1n) is 4.62. The van der Waals surface area contributed by atoms with Gasteiger partial charge in [0.15, 0.2) is 0 Å². The van der Waals surface area contributed by atoms with Crippen molar-refractivity contribution in [3.63, 3.8) is 0 Å². The van der Waals surface area contributed by atoms with E-state index >= 15 is 0 Å². The normalized spacial score (nSPS) is 15.6. The maximum Gasteiger partial charge on any atom is 0.0803 e. The highest BCUT2D eigenvalue weighted by atomic mass is 35.5. The van der Waals surface area contributed by atoms with Crippen LogP contribution in [0.4, 0.5) is 0 Å². The number of benzene rings is 1. The Morgan fingerprint density at radius 3 is 2.57 bits per heavy atom. The van der Waals surface area contributed by atoms with Crippen LogP contribution >= 0.6 is 11.6 Å². The van der Waals surface area contributed by atoms with Gasteiger partial charge in [0.1, 0.15) is 0 Å². The maximum absolute atomic E-state index is 5.49. The SMILES string of the molecule is [CH2-][N+](C)(C/C=C/Cl)Cc1ccccc1. The molecule has 1 unspecified atom stereocenters. The summed E-state index contributed by atoms with van der Waals surface area (Å²) in [6, 6.07) is 10.4. The molecule has 2 heteroatoms. The molecule has 0 aliphatic rings. The Morgan fingerprint density at radius 2 is 2.00 bits per heavy atom. The second kappa shape index (κ2) is 5.18. The van der Waals surface area contributed by atoms with Crippen molar-refractivity contribution in [3.8, 4) is 0 Å². The number of halogens is 1. The van der Waals surface area contributed by atoms with Crippen molar-refractivity contribution in [1.82, 2.24) is 0 Å². The van der Waals surface area contributed by atoms with Crippen molar-refractivity contribution in [1.29, 1.82) is 0 Å². The van der Waals surface area contributed by atoms with Gasteiger partial charge in [-0.25, -0.2) is 0 Å². The molecule has 0 amide bonds. The largest absolute Gasteiger partial charge is 0.452 e. The molecule has 14 heavy (non-hydrogen) atoms. The predicted octanol–water partition coefficient (Wildman–Crippen LogP) is 3.18. The summed E-state index contributed by atoms with van der Waals surface area (Å²) < 4.78 is 0.674. The monoisotopic (exact) mass is 209 g/mol. The van der Waals surface area contributed by atoms with E-state index in [1.807, 2.05) is 24.3 Å². The lowest BCUT2D eigenvalue weighted by Crippen LogP contribution is -2.36. The van der Waals surface area contributed by atoms with Gasteiger partial charge in [-0.05, 0) is 6.08 Å². The van der Waals surface area contributed by atoms with Gasteiger partial charge in [-0.3, -0.25) is 0 Å². The third-order valence-corrected chi connectivity index (χ3v) is 2.22. The van der Waals surface area contributed by atoms with Crippen molar-refractivity contribution in [2.24, 2.45) is 0 Å². The van der Waals surface area contributed by atoms with Gasteiger partial charge in [0, 0.05) is 18.1 Å². The van der Waals surface area contributed by atoms with Crippen LogP contribution in [0.25, 0.3) is 0 Å². The first-order valence-corrected chi connectivity index (χ1v) is 5.06. The fraction of sp³-hybridized carbons (Fsp3) is 0.250. The number of nitrogens with zero attached hydrogens (tertiary/aromatic N) is 1. The minimum atomic E-state index is 0.674. The summed E-state index contributed by atoms with van der Waals surface area (Å²) in [4.78, 5) is 0. The second-order valence-corrected chi connectivity index (χ2v) is 4.06. The van der Waals surface area contributed by atoms with Gasteiger partial charge in [-0.1, -0.05) is 41.9 Å². The Hall–Kier alpha value is -0.790. The minimum Gasteiger partial charge on any atom is -0.452 e. The van der Waals surface area contributed by atoms with E-state index < -0.39 is 0 Å². The van der Waals surface area contributed by atoms with Crippen molar-refractivity contribution >= 4 is 11.6 Å². The fourth-order valence-corrected chi connectivity index (χ4v) is 1.46. The molecule has 0 heterocycles. The lowest BCUT2D eigenvalue weighted by atomic mass is 10.2. The molecule has 0 N–H and O–H groups in total. The Balaban J connectivity index is 2.59. The van der Waals surface area contributed by atoms with Crippen LogP contribution in [0.2, 0.25) is 0 Å². The average Bonchev–Trinajstić information content (AvgIpc) is 2.16. The van der Waals surface area contributed by atoms with Crippen LogP contribution in [-0.2, 0) is 6.54 Å². The van der Waals surface area contributed by atoms with Crippen LogP contribution in [0.1, 0.15) is 5.56 Å². The quantitative estimate of drug-likeness (QED) is 0.528. The first kappa shape index (κ1) is 11.3. The number of rotatable bonds is 4. The Morgan fingerprint density at radius 1 is 1.36 bits per heavy atom. The average molecular weight is 210 g/mol. The minimum absolute atomic E-state index is 0.674. The third kappa shape index (κ3) is 3.95. The molecule has 1 nitrogen and oxygen atoms in total. The molecule has 0 aliphatic carbocycles. The molecule has 1 aromatic carbocycles. The number of hydrogen-bond acceptors (Lipinski definition) is 0. The zero-order valence-corrected chi connectivity index (χ0v) is 9.24. The summed E-state index contributed by atoms with van der Waals surface area (Å²) >= 11 is 5.49. The predicted molar refractivity (Wildman–Crippen MR) is 61.5 cm³/mol. The van der Waals surface area contributed by atoms with Crippen molar-refractivity contribution in [3.05, 3.63) is 54.6 Å². The summed E-state index contributed by atoms with van der Waals surface area (Å²) in [5.74, 6) is 0. The number of likely N-dealkylation sites (N-methyl/N-ethyl adjacent to an activating group) is 1. The van der Waals surface area contributed by atoms with Gasteiger partial charge in [-0.2, -0.15) is 0 Å². The van der Waals surface area contributed by atoms with E-state index in [9.17, 15) is 0 Å². The fourth-order valence-electron chi connectivity index (χ4n) is 1.38. The van der Waals surface area contributed by atoms with Gasteiger partial charge >= 0.3 is 0 Å². The maximum atomic E-state index is 5.49. The van der Waals surface area contributed by atoms with Crippen LogP contribution in [-0.4, -0.2) is 18.1 Å². The highest BCUT2D eigenvalue weighted by molar-refractivity contribution is 6.25. The molecule has 0 saturated carbocycles. The molecule has 0 aliphatic heterocycles. The lowest BCUT2D eigenvalue weighted by molar-refractivity contribution is -0.873. The molecular formula is C12H16ClN. The zero-order chi connectivity index (χ0) is 10.4. The van der Waals surface area contributed by atoms with Gasteiger partial charge in [0.25, 0.3) is 0 Å². The Bertz CT molecular complexity index is 290. The smallest absolute Gasteiger partial charge is 0.0803 e. The molecule has 1 aromatic rings. The van der Waals surface area contributed by atoms with E-state index in [2.05, 4.69) is 26.2 Å². The van der Waals surface area contributed by atoms with E-state index in [4.69, 9.17) is 11.6 Å². The highest BCUT2D eigenvalue weighted by Crippen LogP contribution is 2.10. The summed E-state index contributed by atoms with van der Waals surface area (Å²) in [5.41, 5.74) is 2.85. The molecule has 1 rings (SSSR count). The zero-order valence-electron chi connectivity index (χ0n) is 8.49. The molecule has 0 spiro atoms. The van der Waals surface area contributed by atoms with Gasteiger partial charge in [-0.15, -0.1) is 7.05 Å². The van der Waals surface area contributed by atoms with Crippen LogP contribution in [0.15, 0.2) is 41.9 Å². The molecule has 0 bridgehead atoms. The number of hydrogen-bond donors (Lipinski definition) is 0. The van der Waals surface area contributed by atoms with Crippen molar-refractivity contribution in [2.45, 2.75) is 6.54 Å². The van der Waals surface area contributed by atoms with Crippen LogP contribution in [0, 0.1) is 7.05 Å².